The Bertz CT molecular complexity index is 305. The minimum Gasteiger partial charge on any atom is -0.304 e. The number of carbonyl (C=O) groups excluding carboxylic acids is 1. The largest absolute Gasteiger partial charge is 0.304 e. The molecular weight excluding hydrogens is 202 g/mol. The van der Waals surface area contributed by atoms with Crippen molar-refractivity contribution in [3.05, 3.63) is 0 Å². The predicted molar refractivity (Wildman–Crippen MR) is 58.2 cm³/mol. The maximum absolute atomic E-state index is 11.9. The third-order valence-electron chi connectivity index (χ3n) is 2.18. The molecule has 1 heterocycles. The van der Waals surface area contributed by atoms with Crippen LogP contribution in [0.4, 0.5) is 0 Å². The minimum atomic E-state index is -2.60. The molecule has 6 heteroatoms. The van der Waals surface area contributed by atoms with E-state index >= 15 is 0 Å². The van der Waals surface area contributed by atoms with E-state index in [-0.39, 0.29) is 5.91 Å². The molecule has 1 N–H and O–H groups in total. The zero-order valence-electron chi connectivity index (χ0n) is 8.65. The van der Waals surface area contributed by atoms with Gasteiger partial charge in [-0.1, -0.05) is 0 Å². The van der Waals surface area contributed by atoms with Gasteiger partial charge in [0.1, 0.15) is 9.89 Å². The van der Waals surface area contributed by atoms with Crippen LogP contribution in [0.5, 0.6) is 0 Å². The molecule has 0 aromatic carbocycles. The minimum absolute atomic E-state index is 0.302. The van der Waals surface area contributed by atoms with E-state index in [2.05, 4.69) is 15.5 Å². The van der Waals surface area contributed by atoms with Crippen LogP contribution < -0.4 is 4.72 Å². The van der Waals surface area contributed by atoms with Gasteiger partial charge in [0.05, 0.1) is 0 Å². The van der Waals surface area contributed by atoms with Crippen LogP contribution in [0.2, 0.25) is 0 Å². The summed E-state index contributed by atoms with van der Waals surface area (Å²) in [6.45, 7) is 4.41. The van der Waals surface area contributed by atoms with E-state index in [1.54, 1.807) is 4.31 Å². The lowest BCUT2D eigenvalue weighted by atomic mass is 10.4. The molecule has 1 aliphatic heterocycles. The van der Waals surface area contributed by atoms with Gasteiger partial charge in [-0.15, -0.1) is 0 Å². The number of carbonyl (C=O) groups is 1. The summed E-state index contributed by atoms with van der Waals surface area (Å²) in [5, 5.41) is 0. The van der Waals surface area contributed by atoms with Crippen molar-refractivity contribution in [3.63, 3.8) is 0 Å². The third kappa shape index (κ3) is 2.97. The number of amides is 1. The van der Waals surface area contributed by atoms with Gasteiger partial charge in [-0.2, -0.15) is 0 Å². The van der Waals surface area contributed by atoms with E-state index in [1.807, 2.05) is 7.05 Å². The van der Waals surface area contributed by atoms with Crippen molar-refractivity contribution >= 4 is 21.7 Å². The molecule has 82 valence electrons. The monoisotopic (exact) mass is 219 g/mol. The second-order valence-corrected chi connectivity index (χ2v) is 5.53. The number of hydrogen-bond acceptors (Lipinski definition) is 3. The van der Waals surface area contributed by atoms with Crippen LogP contribution in [0, 0.1) is 0 Å². The first kappa shape index (κ1) is 11.5. The molecular formula is C8H17N3O2S. The topological polar surface area (TPSA) is 52.7 Å². The average molecular weight is 219 g/mol. The molecule has 1 atom stereocenters. The smallest absolute Gasteiger partial charge is 0.228 e. The van der Waals surface area contributed by atoms with Crippen molar-refractivity contribution in [3.8, 4) is 0 Å². The number of rotatable bonds is 2. The van der Waals surface area contributed by atoms with Crippen LogP contribution in [-0.2, 0) is 14.7 Å². The first-order valence-electron chi connectivity index (χ1n) is 4.51. The zero-order chi connectivity index (χ0) is 10.8. The standard InChI is InChI=1S/C8H17N3O2S/c1-8(12)9-14(3,13)11-6-4-10(2)5-7-11/h3-7H2,1-2H3,(H,9,12,13). The van der Waals surface area contributed by atoms with Crippen LogP contribution in [0.1, 0.15) is 6.92 Å². The Morgan fingerprint density at radius 3 is 2.29 bits per heavy atom. The summed E-state index contributed by atoms with van der Waals surface area (Å²) in [5.74, 6) is 3.26. The van der Waals surface area contributed by atoms with Crippen LogP contribution >= 0.6 is 0 Å². The van der Waals surface area contributed by atoms with E-state index in [4.69, 9.17) is 0 Å². The second-order valence-electron chi connectivity index (χ2n) is 3.53. The molecule has 0 bridgehead atoms. The van der Waals surface area contributed by atoms with Crippen LogP contribution in [-0.4, -0.2) is 58.4 Å². The number of likely N-dealkylation sites (N-methyl/N-ethyl adjacent to an activating group) is 1. The fraction of sp³-hybridized carbons (Fsp3) is 0.750. The Morgan fingerprint density at radius 2 is 1.86 bits per heavy atom. The summed E-state index contributed by atoms with van der Waals surface area (Å²) in [6, 6.07) is 0. The molecule has 0 aromatic heterocycles. The maximum Gasteiger partial charge on any atom is 0.228 e. The molecule has 1 aliphatic rings. The molecule has 1 fully saturated rings. The van der Waals surface area contributed by atoms with Crippen molar-refractivity contribution in [1.82, 2.24) is 13.9 Å². The van der Waals surface area contributed by atoms with Crippen molar-refractivity contribution in [2.24, 2.45) is 0 Å². The van der Waals surface area contributed by atoms with E-state index in [1.165, 1.54) is 6.92 Å². The lowest BCUT2D eigenvalue weighted by Gasteiger charge is -2.33. The van der Waals surface area contributed by atoms with Gasteiger partial charge < -0.3 is 4.90 Å². The van der Waals surface area contributed by atoms with Gasteiger partial charge in [0.2, 0.25) is 5.91 Å². The van der Waals surface area contributed by atoms with E-state index in [9.17, 15) is 9.00 Å². The molecule has 0 aliphatic carbocycles. The number of nitrogens with zero attached hydrogens (tertiary/aromatic N) is 2. The molecule has 1 saturated heterocycles. The maximum atomic E-state index is 11.9. The zero-order valence-corrected chi connectivity index (χ0v) is 9.47. The van der Waals surface area contributed by atoms with E-state index < -0.39 is 9.89 Å². The lowest BCUT2D eigenvalue weighted by Crippen LogP contribution is -2.51. The highest BCUT2D eigenvalue weighted by atomic mass is 32.2. The molecule has 0 radical (unpaired) electrons. The normalized spacial score (nSPS) is 24.1. The molecule has 0 spiro atoms. The van der Waals surface area contributed by atoms with Crippen molar-refractivity contribution < 1.29 is 9.00 Å². The number of hydrogen-bond donors (Lipinski definition) is 1. The molecule has 5 nitrogen and oxygen atoms in total. The SMILES string of the molecule is C=S(=O)(NC(C)=O)N1CCN(C)CC1. The Balaban J connectivity index is 2.60. The predicted octanol–water partition coefficient (Wildman–Crippen LogP) is -1.08. The van der Waals surface area contributed by atoms with Crippen LogP contribution in [0.3, 0.4) is 0 Å². The van der Waals surface area contributed by atoms with Crippen LogP contribution in [0.25, 0.3) is 0 Å². The molecule has 0 aromatic rings. The average Bonchev–Trinajstić information content (AvgIpc) is 2.02. The van der Waals surface area contributed by atoms with Gasteiger partial charge >= 0.3 is 0 Å². The summed E-state index contributed by atoms with van der Waals surface area (Å²) in [4.78, 5) is 13.0. The molecule has 1 unspecified atom stereocenters. The summed E-state index contributed by atoms with van der Waals surface area (Å²) >= 11 is 0. The highest BCUT2D eigenvalue weighted by molar-refractivity contribution is 7.96. The van der Waals surface area contributed by atoms with E-state index in [0.29, 0.717) is 13.1 Å². The second kappa shape index (κ2) is 4.29. The van der Waals surface area contributed by atoms with Gasteiger partial charge in [0.15, 0.2) is 0 Å². The Labute approximate surface area is 85.3 Å². The fourth-order valence-electron chi connectivity index (χ4n) is 1.37. The molecule has 0 saturated carbocycles. The highest BCUT2D eigenvalue weighted by Crippen LogP contribution is 2.03. The number of nitrogens with one attached hydrogen (secondary N) is 1. The van der Waals surface area contributed by atoms with Crippen molar-refractivity contribution in [2.45, 2.75) is 6.92 Å². The lowest BCUT2D eigenvalue weighted by molar-refractivity contribution is -0.117. The fourth-order valence-corrected chi connectivity index (χ4v) is 2.70. The highest BCUT2D eigenvalue weighted by Gasteiger charge is 2.21. The summed E-state index contributed by atoms with van der Waals surface area (Å²) in [5.41, 5.74) is 0. The molecule has 14 heavy (non-hydrogen) atoms. The Hall–Kier alpha value is -0.590. The molecule has 1 rings (SSSR count). The Kier molecular flexibility index (Phi) is 3.52. The van der Waals surface area contributed by atoms with E-state index in [0.717, 1.165) is 13.1 Å². The van der Waals surface area contributed by atoms with Gasteiger partial charge in [-0.25, -0.2) is 8.51 Å². The summed E-state index contributed by atoms with van der Waals surface area (Å²) in [6.07, 6.45) is 0. The summed E-state index contributed by atoms with van der Waals surface area (Å²) < 4.78 is 16.0. The van der Waals surface area contributed by atoms with Crippen LogP contribution in [0.15, 0.2) is 0 Å². The first-order chi connectivity index (χ1) is 6.42. The first-order valence-corrected chi connectivity index (χ1v) is 6.19. The molecule has 1 amide bonds. The Morgan fingerprint density at radius 1 is 1.36 bits per heavy atom. The van der Waals surface area contributed by atoms with Gasteiger partial charge in [0, 0.05) is 33.1 Å². The van der Waals surface area contributed by atoms with Gasteiger partial charge in [0.25, 0.3) is 0 Å². The summed E-state index contributed by atoms with van der Waals surface area (Å²) in [7, 11) is -0.584. The third-order valence-corrected chi connectivity index (χ3v) is 3.99. The number of piperazine rings is 1. The van der Waals surface area contributed by atoms with Crippen molar-refractivity contribution in [2.75, 3.05) is 33.2 Å². The van der Waals surface area contributed by atoms with Crippen molar-refractivity contribution in [1.29, 1.82) is 0 Å². The van der Waals surface area contributed by atoms with Gasteiger partial charge in [-0.05, 0) is 12.9 Å². The quantitative estimate of drug-likeness (QED) is 0.601. The van der Waals surface area contributed by atoms with Gasteiger partial charge in [-0.3, -0.25) is 9.52 Å².